The topological polar surface area (TPSA) is 71.0 Å². The predicted molar refractivity (Wildman–Crippen MR) is 96.1 cm³/mol. The molecule has 6 nitrogen and oxygen atoms in total. The Kier molecular flexibility index (Phi) is 4.03. The Balaban J connectivity index is 1.55. The van der Waals surface area contributed by atoms with E-state index in [1.54, 1.807) is 12.1 Å². The largest absolute Gasteiger partial charge is 0.357 e. The van der Waals surface area contributed by atoms with Crippen LogP contribution in [0.15, 0.2) is 30.6 Å². The standard InChI is InChI=1S/C16H14ClN5OS/c17-10-3-4-11-13(7-10)24-16(20-11)21-15(23)12-8-14(19-9-18-12)22-5-1-2-6-22/h3-4,7-9H,1-2,5-6H2,(H,20,21,23). The van der Waals surface area contributed by atoms with E-state index in [0.717, 1.165) is 42.0 Å². The van der Waals surface area contributed by atoms with Gasteiger partial charge in [0.05, 0.1) is 10.2 Å². The van der Waals surface area contributed by atoms with Gasteiger partial charge in [-0.25, -0.2) is 15.0 Å². The molecule has 0 spiro atoms. The van der Waals surface area contributed by atoms with E-state index >= 15 is 0 Å². The fourth-order valence-corrected chi connectivity index (χ4v) is 3.84. The summed E-state index contributed by atoms with van der Waals surface area (Å²) in [6.07, 6.45) is 3.74. The molecule has 24 heavy (non-hydrogen) atoms. The summed E-state index contributed by atoms with van der Waals surface area (Å²) in [6.45, 7) is 1.94. The van der Waals surface area contributed by atoms with Crippen LogP contribution in [0.1, 0.15) is 23.3 Å². The van der Waals surface area contributed by atoms with Gasteiger partial charge in [-0.15, -0.1) is 0 Å². The fourth-order valence-electron chi connectivity index (χ4n) is 2.70. The van der Waals surface area contributed by atoms with Crippen molar-refractivity contribution in [2.75, 3.05) is 23.3 Å². The molecule has 0 aliphatic carbocycles. The molecule has 3 heterocycles. The number of nitrogens with zero attached hydrogens (tertiary/aromatic N) is 4. The highest BCUT2D eigenvalue weighted by Crippen LogP contribution is 2.28. The first-order valence-corrected chi connectivity index (χ1v) is 8.83. The van der Waals surface area contributed by atoms with E-state index in [2.05, 4.69) is 25.2 Å². The number of carbonyl (C=O) groups excluding carboxylic acids is 1. The van der Waals surface area contributed by atoms with Crippen LogP contribution in [0, 0.1) is 0 Å². The van der Waals surface area contributed by atoms with Crippen molar-refractivity contribution in [3.63, 3.8) is 0 Å². The van der Waals surface area contributed by atoms with E-state index in [9.17, 15) is 4.79 Å². The van der Waals surface area contributed by atoms with Crippen molar-refractivity contribution in [2.24, 2.45) is 0 Å². The van der Waals surface area contributed by atoms with Crippen molar-refractivity contribution < 1.29 is 4.79 Å². The number of hydrogen-bond acceptors (Lipinski definition) is 6. The summed E-state index contributed by atoms with van der Waals surface area (Å²) in [7, 11) is 0. The molecule has 1 N–H and O–H groups in total. The molecule has 4 rings (SSSR count). The highest BCUT2D eigenvalue weighted by Gasteiger charge is 2.17. The van der Waals surface area contributed by atoms with Crippen LogP contribution < -0.4 is 10.2 Å². The number of hydrogen-bond donors (Lipinski definition) is 1. The molecule has 1 aliphatic heterocycles. The number of nitrogens with one attached hydrogen (secondary N) is 1. The Hall–Kier alpha value is -2.25. The van der Waals surface area contributed by atoms with Crippen LogP contribution in [0.4, 0.5) is 10.9 Å². The van der Waals surface area contributed by atoms with Crippen LogP contribution in [0.3, 0.4) is 0 Å². The molecule has 0 saturated carbocycles. The van der Waals surface area contributed by atoms with E-state index in [1.807, 2.05) is 12.1 Å². The van der Waals surface area contributed by atoms with Crippen molar-refractivity contribution >= 4 is 50.0 Å². The predicted octanol–water partition coefficient (Wildman–Crippen LogP) is 3.59. The molecule has 8 heteroatoms. The minimum atomic E-state index is -0.289. The van der Waals surface area contributed by atoms with Gasteiger partial charge in [-0.3, -0.25) is 10.1 Å². The number of benzene rings is 1. The molecule has 1 aliphatic rings. The first-order chi connectivity index (χ1) is 11.7. The third kappa shape index (κ3) is 3.05. The van der Waals surface area contributed by atoms with E-state index in [0.29, 0.717) is 15.8 Å². The maximum atomic E-state index is 12.4. The number of amides is 1. The second-order valence-electron chi connectivity index (χ2n) is 5.54. The molecule has 1 fully saturated rings. The van der Waals surface area contributed by atoms with Crippen LogP contribution in [0.25, 0.3) is 10.2 Å². The van der Waals surface area contributed by atoms with Gasteiger partial charge < -0.3 is 4.90 Å². The zero-order chi connectivity index (χ0) is 16.5. The summed E-state index contributed by atoms with van der Waals surface area (Å²) in [6, 6.07) is 7.17. The molecule has 1 aromatic carbocycles. The molecular weight excluding hydrogens is 346 g/mol. The van der Waals surface area contributed by atoms with Crippen LogP contribution in [-0.2, 0) is 0 Å². The van der Waals surface area contributed by atoms with Gasteiger partial charge in [-0.05, 0) is 31.0 Å². The molecule has 3 aromatic rings. The molecule has 2 aromatic heterocycles. The molecule has 0 radical (unpaired) electrons. The lowest BCUT2D eigenvalue weighted by Gasteiger charge is -2.16. The summed E-state index contributed by atoms with van der Waals surface area (Å²) in [4.78, 5) is 27.3. The molecular formula is C16H14ClN5OS. The number of aromatic nitrogens is 3. The average Bonchev–Trinajstić information content (AvgIpc) is 3.23. The number of fused-ring (bicyclic) bond motifs is 1. The lowest BCUT2D eigenvalue weighted by atomic mass is 10.3. The highest BCUT2D eigenvalue weighted by atomic mass is 35.5. The van der Waals surface area contributed by atoms with Crippen LogP contribution in [0.5, 0.6) is 0 Å². The second-order valence-corrected chi connectivity index (χ2v) is 7.01. The lowest BCUT2D eigenvalue weighted by Crippen LogP contribution is -2.21. The van der Waals surface area contributed by atoms with Crippen molar-refractivity contribution in [3.05, 3.63) is 41.3 Å². The van der Waals surface area contributed by atoms with E-state index in [1.165, 1.54) is 17.7 Å². The highest BCUT2D eigenvalue weighted by molar-refractivity contribution is 7.22. The quantitative estimate of drug-likeness (QED) is 0.773. The van der Waals surface area contributed by atoms with Gasteiger partial charge in [0.15, 0.2) is 5.13 Å². The number of anilines is 2. The van der Waals surface area contributed by atoms with Crippen LogP contribution in [0.2, 0.25) is 5.02 Å². The van der Waals surface area contributed by atoms with E-state index in [4.69, 9.17) is 11.6 Å². The summed E-state index contributed by atoms with van der Waals surface area (Å²) in [5.74, 6) is 0.506. The maximum Gasteiger partial charge on any atom is 0.276 e. The summed E-state index contributed by atoms with van der Waals surface area (Å²) >= 11 is 7.36. The lowest BCUT2D eigenvalue weighted by molar-refractivity contribution is 0.102. The third-order valence-electron chi connectivity index (χ3n) is 3.89. The SMILES string of the molecule is O=C(Nc1nc2ccc(Cl)cc2s1)c1cc(N2CCCC2)ncn1. The Morgan fingerprint density at radius 1 is 1.21 bits per heavy atom. The van der Waals surface area contributed by atoms with E-state index < -0.39 is 0 Å². The average molecular weight is 360 g/mol. The smallest absolute Gasteiger partial charge is 0.276 e. The molecule has 0 atom stereocenters. The molecule has 122 valence electrons. The Morgan fingerprint density at radius 2 is 2.04 bits per heavy atom. The zero-order valence-corrected chi connectivity index (χ0v) is 14.3. The minimum Gasteiger partial charge on any atom is -0.357 e. The molecule has 1 saturated heterocycles. The first-order valence-electron chi connectivity index (χ1n) is 7.63. The van der Waals surface area contributed by atoms with Gasteiger partial charge >= 0.3 is 0 Å². The Labute approximate surface area is 147 Å². The molecule has 1 amide bonds. The van der Waals surface area contributed by atoms with Gasteiger partial charge in [0.1, 0.15) is 17.8 Å². The normalized spacial score (nSPS) is 14.3. The van der Waals surface area contributed by atoms with Crippen LogP contribution in [-0.4, -0.2) is 33.9 Å². The number of thiazole rings is 1. The van der Waals surface area contributed by atoms with Gasteiger partial charge in [-0.1, -0.05) is 22.9 Å². The summed E-state index contributed by atoms with van der Waals surface area (Å²) in [5, 5.41) is 3.98. The van der Waals surface area contributed by atoms with Crippen molar-refractivity contribution in [1.29, 1.82) is 0 Å². The Bertz CT molecular complexity index is 906. The second kappa shape index (κ2) is 6.33. The molecule has 0 unspecified atom stereocenters. The summed E-state index contributed by atoms with van der Waals surface area (Å²) < 4.78 is 0.929. The summed E-state index contributed by atoms with van der Waals surface area (Å²) in [5.41, 5.74) is 1.14. The zero-order valence-electron chi connectivity index (χ0n) is 12.7. The van der Waals surface area contributed by atoms with Crippen LogP contribution >= 0.6 is 22.9 Å². The maximum absolute atomic E-state index is 12.4. The van der Waals surface area contributed by atoms with E-state index in [-0.39, 0.29) is 5.91 Å². The van der Waals surface area contributed by atoms with Crippen molar-refractivity contribution in [2.45, 2.75) is 12.8 Å². The number of halogens is 1. The van der Waals surface area contributed by atoms with Gasteiger partial charge in [-0.2, -0.15) is 0 Å². The van der Waals surface area contributed by atoms with Gasteiger partial charge in [0, 0.05) is 24.2 Å². The van der Waals surface area contributed by atoms with Gasteiger partial charge in [0.2, 0.25) is 0 Å². The number of rotatable bonds is 3. The first kappa shape index (κ1) is 15.3. The molecule has 0 bridgehead atoms. The third-order valence-corrected chi connectivity index (χ3v) is 5.05. The Morgan fingerprint density at radius 3 is 2.88 bits per heavy atom. The van der Waals surface area contributed by atoms with Crippen molar-refractivity contribution in [1.82, 2.24) is 15.0 Å². The minimum absolute atomic E-state index is 0.289. The van der Waals surface area contributed by atoms with Gasteiger partial charge in [0.25, 0.3) is 5.91 Å². The van der Waals surface area contributed by atoms with Crippen molar-refractivity contribution in [3.8, 4) is 0 Å². The fraction of sp³-hybridized carbons (Fsp3) is 0.250. The number of carbonyl (C=O) groups is 1. The monoisotopic (exact) mass is 359 g/mol.